The van der Waals surface area contributed by atoms with Crippen molar-refractivity contribution in [2.75, 3.05) is 25.2 Å². The first-order chi connectivity index (χ1) is 9.74. The Balaban J connectivity index is 2.16. The first kappa shape index (κ1) is 14.8. The number of methoxy groups -OCH3 is 1. The molecular formula is C15H17NO3S. The van der Waals surface area contributed by atoms with E-state index in [1.165, 1.54) is 0 Å². The molecule has 106 valence electrons. The van der Waals surface area contributed by atoms with Crippen LogP contribution in [0, 0.1) is 11.8 Å². The maximum atomic E-state index is 12.2. The molecule has 1 atom stereocenters. The zero-order chi connectivity index (χ0) is 14.4. The van der Waals surface area contributed by atoms with Crippen molar-refractivity contribution in [1.82, 2.24) is 5.32 Å². The number of benzene rings is 1. The molecule has 0 spiro atoms. The van der Waals surface area contributed by atoms with E-state index < -0.39 is 0 Å². The van der Waals surface area contributed by atoms with Crippen LogP contribution in [0.5, 0.6) is 5.75 Å². The van der Waals surface area contributed by atoms with Gasteiger partial charge in [0.1, 0.15) is 12.4 Å². The summed E-state index contributed by atoms with van der Waals surface area (Å²) in [5.74, 6) is 7.94. The lowest BCUT2D eigenvalue weighted by atomic mass is 10.1. The Morgan fingerprint density at radius 1 is 1.60 bits per heavy atom. The summed E-state index contributed by atoms with van der Waals surface area (Å²) in [6.45, 7) is -0.223. The molecule has 20 heavy (non-hydrogen) atoms. The van der Waals surface area contributed by atoms with Gasteiger partial charge in [-0.2, -0.15) is 11.8 Å². The molecule has 0 radical (unpaired) electrons. The SMILES string of the molecule is COc1ccc(C(=O)NC2CCSC2)cc1C#CCO. The fourth-order valence-electron chi connectivity index (χ4n) is 2.00. The summed E-state index contributed by atoms with van der Waals surface area (Å²) in [7, 11) is 1.55. The average molecular weight is 291 g/mol. The number of carbonyl (C=O) groups is 1. The molecule has 1 aromatic rings. The van der Waals surface area contributed by atoms with Crippen molar-refractivity contribution < 1.29 is 14.6 Å². The minimum Gasteiger partial charge on any atom is -0.495 e. The Morgan fingerprint density at radius 2 is 2.45 bits per heavy atom. The van der Waals surface area contributed by atoms with Gasteiger partial charge in [-0.1, -0.05) is 11.8 Å². The van der Waals surface area contributed by atoms with Crippen LogP contribution in [0.4, 0.5) is 0 Å². The van der Waals surface area contributed by atoms with Crippen molar-refractivity contribution in [3.63, 3.8) is 0 Å². The van der Waals surface area contributed by atoms with E-state index in [4.69, 9.17) is 9.84 Å². The van der Waals surface area contributed by atoms with Crippen molar-refractivity contribution >= 4 is 17.7 Å². The lowest BCUT2D eigenvalue weighted by molar-refractivity contribution is 0.0941. The summed E-state index contributed by atoms with van der Waals surface area (Å²) in [6.07, 6.45) is 1.02. The Hall–Kier alpha value is -1.64. The zero-order valence-electron chi connectivity index (χ0n) is 11.3. The maximum Gasteiger partial charge on any atom is 0.251 e. The van der Waals surface area contributed by atoms with Gasteiger partial charge in [0.05, 0.1) is 12.7 Å². The fourth-order valence-corrected chi connectivity index (χ4v) is 3.15. The van der Waals surface area contributed by atoms with E-state index in [2.05, 4.69) is 17.2 Å². The normalized spacial score (nSPS) is 17.2. The number of thioether (sulfide) groups is 1. The second-order valence-corrected chi connectivity index (χ2v) is 5.56. The molecule has 0 saturated carbocycles. The Morgan fingerprint density at radius 3 is 3.10 bits per heavy atom. The molecule has 1 unspecified atom stereocenters. The quantitative estimate of drug-likeness (QED) is 0.824. The number of ether oxygens (including phenoxy) is 1. The van der Waals surface area contributed by atoms with E-state index in [0.29, 0.717) is 16.9 Å². The lowest BCUT2D eigenvalue weighted by Crippen LogP contribution is -2.34. The van der Waals surface area contributed by atoms with Gasteiger partial charge in [-0.15, -0.1) is 0 Å². The molecule has 5 heteroatoms. The molecule has 4 nitrogen and oxygen atoms in total. The van der Waals surface area contributed by atoms with Crippen molar-refractivity contribution in [3.05, 3.63) is 29.3 Å². The highest BCUT2D eigenvalue weighted by Crippen LogP contribution is 2.20. The molecule has 0 bridgehead atoms. The third-order valence-corrected chi connectivity index (χ3v) is 4.19. The van der Waals surface area contributed by atoms with Gasteiger partial charge in [-0.25, -0.2) is 0 Å². The van der Waals surface area contributed by atoms with E-state index in [9.17, 15) is 4.79 Å². The Bertz CT molecular complexity index is 542. The standard InChI is InChI=1S/C15H17NO3S/c1-19-14-5-4-12(9-11(14)3-2-7-17)15(18)16-13-6-8-20-10-13/h4-5,9,13,17H,6-8,10H2,1H3,(H,16,18). The average Bonchev–Trinajstić information content (AvgIpc) is 2.97. The van der Waals surface area contributed by atoms with E-state index in [1.54, 1.807) is 25.3 Å². The lowest BCUT2D eigenvalue weighted by Gasteiger charge is -2.12. The second-order valence-electron chi connectivity index (χ2n) is 4.41. The van der Waals surface area contributed by atoms with E-state index in [-0.39, 0.29) is 18.6 Å². The van der Waals surface area contributed by atoms with E-state index >= 15 is 0 Å². The monoisotopic (exact) mass is 291 g/mol. The first-order valence-electron chi connectivity index (χ1n) is 6.41. The highest BCUT2D eigenvalue weighted by atomic mass is 32.2. The Kier molecular flexibility index (Phi) is 5.33. The summed E-state index contributed by atoms with van der Waals surface area (Å²) in [6, 6.07) is 5.39. The number of hydrogen-bond acceptors (Lipinski definition) is 4. The number of nitrogens with one attached hydrogen (secondary N) is 1. The topological polar surface area (TPSA) is 58.6 Å². The summed E-state index contributed by atoms with van der Waals surface area (Å²) in [5, 5.41) is 11.8. The third kappa shape index (κ3) is 3.69. The largest absolute Gasteiger partial charge is 0.495 e. The summed E-state index contributed by atoms with van der Waals surface area (Å²) in [5.41, 5.74) is 1.17. The van der Waals surface area contributed by atoms with Crippen LogP contribution < -0.4 is 10.1 Å². The molecule has 2 rings (SSSR count). The fraction of sp³-hybridized carbons (Fsp3) is 0.400. The number of hydrogen-bond donors (Lipinski definition) is 2. The first-order valence-corrected chi connectivity index (χ1v) is 7.56. The van der Waals surface area contributed by atoms with Gasteiger partial charge in [0.15, 0.2) is 0 Å². The molecule has 0 aliphatic carbocycles. The van der Waals surface area contributed by atoms with Crippen molar-refractivity contribution in [1.29, 1.82) is 0 Å². The highest BCUT2D eigenvalue weighted by Gasteiger charge is 2.18. The smallest absolute Gasteiger partial charge is 0.251 e. The van der Waals surface area contributed by atoms with Crippen molar-refractivity contribution in [2.24, 2.45) is 0 Å². The van der Waals surface area contributed by atoms with Gasteiger partial charge in [0.2, 0.25) is 0 Å². The number of aliphatic hydroxyl groups excluding tert-OH is 1. The van der Waals surface area contributed by atoms with Crippen LogP contribution in [-0.4, -0.2) is 42.3 Å². The number of amides is 1. The zero-order valence-corrected chi connectivity index (χ0v) is 12.1. The predicted molar refractivity (Wildman–Crippen MR) is 80.2 cm³/mol. The van der Waals surface area contributed by atoms with Crippen molar-refractivity contribution in [3.8, 4) is 17.6 Å². The van der Waals surface area contributed by atoms with E-state index in [1.807, 2.05) is 11.8 Å². The van der Waals surface area contributed by atoms with Crippen LogP contribution in [0.25, 0.3) is 0 Å². The molecular weight excluding hydrogens is 274 g/mol. The van der Waals surface area contributed by atoms with Crippen LogP contribution in [0.1, 0.15) is 22.3 Å². The molecule has 1 amide bonds. The molecule has 2 N–H and O–H groups in total. The molecule has 1 aliphatic rings. The summed E-state index contributed by atoms with van der Waals surface area (Å²) < 4.78 is 5.19. The van der Waals surface area contributed by atoms with Gasteiger partial charge in [-0.3, -0.25) is 4.79 Å². The van der Waals surface area contributed by atoms with E-state index in [0.717, 1.165) is 17.9 Å². The number of aliphatic hydroxyl groups is 1. The second kappa shape index (κ2) is 7.22. The molecule has 1 heterocycles. The molecule has 1 saturated heterocycles. The molecule has 1 fully saturated rings. The molecule has 1 aliphatic heterocycles. The number of carbonyl (C=O) groups excluding carboxylic acids is 1. The van der Waals surface area contributed by atoms with Crippen LogP contribution in [-0.2, 0) is 0 Å². The van der Waals surface area contributed by atoms with Gasteiger partial charge < -0.3 is 15.2 Å². The van der Waals surface area contributed by atoms with Gasteiger partial charge in [0, 0.05) is 17.4 Å². The molecule has 1 aromatic carbocycles. The van der Waals surface area contributed by atoms with Gasteiger partial charge >= 0.3 is 0 Å². The third-order valence-electron chi connectivity index (χ3n) is 3.03. The summed E-state index contributed by atoms with van der Waals surface area (Å²) >= 11 is 1.85. The van der Waals surface area contributed by atoms with Gasteiger partial charge in [0.25, 0.3) is 5.91 Å². The van der Waals surface area contributed by atoms with Crippen LogP contribution in [0.15, 0.2) is 18.2 Å². The predicted octanol–water partition coefficient (Wildman–Crippen LogP) is 1.27. The van der Waals surface area contributed by atoms with Crippen LogP contribution in [0.2, 0.25) is 0 Å². The maximum absolute atomic E-state index is 12.2. The minimum absolute atomic E-state index is 0.0906. The molecule has 0 aromatic heterocycles. The van der Waals surface area contributed by atoms with Crippen molar-refractivity contribution in [2.45, 2.75) is 12.5 Å². The number of rotatable bonds is 3. The highest BCUT2D eigenvalue weighted by molar-refractivity contribution is 7.99. The minimum atomic E-state index is -0.223. The van der Waals surface area contributed by atoms with Crippen LogP contribution >= 0.6 is 11.8 Å². The van der Waals surface area contributed by atoms with Crippen LogP contribution in [0.3, 0.4) is 0 Å². The summed E-state index contributed by atoms with van der Waals surface area (Å²) in [4.78, 5) is 12.2. The Labute approximate surface area is 122 Å². The van der Waals surface area contributed by atoms with Gasteiger partial charge in [-0.05, 0) is 30.4 Å².